The minimum atomic E-state index is -4.52. The highest BCUT2D eigenvalue weighted by atomic mass is 19.4. The Kier molecular flexibility index (Phi) is 5.06. The van der Waals surface area contributed by atoms with Crippen molar-refractivity contribution in [3.63, 3.8) is 0 Å². The Bertz CT molecular complexity index is 703. The second kappa shape index (κ2) is 7.01. The number of furan rings is 1. The molecule has 0 N–H and O–H groups in total. The van der Waals surface area contributed by atoms with Gasteiger partial charge in [0.2, 0.25) is 0 Å². The number of nitrogens with zero attached hydrogens (tertiary/aromatic N) is 2. The van der Waals surface area contributed by atoms with Crippen molar-refractivity contribution < 1.29 is 22.4 Å². The molecular weight excluding hydrogens is 309 g/mol. The van der Waals surface area contributed by atoms with Gasteiger partial charge in [0.25, 0.3) is 5.91 Å². The number of halogens is 3. The van der Waals surface area contributed by atoms with Gasteiger partial charge in [-0.15, -0.1) is 0 Å². The Morgan fingerprint density at radius 1 is 1.26 bits per heavy atom. The molecule has 0 unspecified atom stereocenters. The van der Waals surface area contributed by atoms with Crippen LogP contribution in [0.3, 0.4) is 0 Å². The summed E-state index contributed by atoms with van der Waals surface area (Å²) in [6.45, 7) is 0.191. The second-order valence-corrected chi connectivity index (χ2v) is 4.79. The summed E-state index contributed by atoms with van der Waals surface area (Å²) in [5.74, 6) is -0.0917. The van der Waals surface area contributed by atoms with E-state index in [2.05, 4.69) is 0 Å². The zero-order valence-corrected chi connectivity index (χ0v) is 12.0. The number of carbonyl (C=O) groups is 1. The fraction of sp³-hybridized carbons (Fsp3) is 0.250. The molecule has 23 heavy (non-hydrogen) atoms. The van der Waals surface area contributed by atoms with Crippen LogP contribution in [0, 0.1) is 11.3 Å². The highest BCUT2D eigenvalue weighted by molar-refractivity contribution is 5.94. The highest BCUT2D eigenvalue weighted by Gasteiger charge is 2.31. The van der Waals surface area contributed by atoms with Gasteiger partial charge in [-0.25, -0.2) is 0 Å². The number of hydrogen-bond acceptors (Lipinski definition) is 3. The molecule has 120 valence electrons. The molecule has 0 aliphatic heterocycles. The van der Waals surface area contributed by atoms with Crippen LogP contribution in [0.15, 0.2) is 47.1 Å². The Morgan fingerprint density at radius 2 is 2.04 bits per heavy atom. The third-order valence-corrected chi connectivity index (χ3v) is 3.14. The number of alkyl halides is 3. The van der Waals surface area contributed by atoms with Gasteiger partial charge in [0.1, 0.15) is 5.76 Å². The third kappa shape index (κ3) is 4.36. The number of carbonyl (C=O) groups excluding carboxylic acids is 1. The molecule has 7 heteroatoms. The maximum atomic E-state index is 12.8. The minimum Gasteiger partial charge on any atom is -0.467 e. The van der Waals surface area contributed by atoms with E-state index in [0.29, 0.717) is 5.76 Å². The Hall–Kier alpha value is -2.75. The molecule has 0 aliphatic rings. The molecule has 2 rings (SSSR count). The molecule has 2 aromatic rings. The quantitative estimate of drug-likeness (QED) is 0.840. The normalized spacial score (nSPS) is 11.0. The molecule has 0 atom stereocenters. The van der Waals surface area contributed by atoms with Crippen molar-refractivity contribution in [3.8, 4) is 6.07 Å². The van der Waals surface area contributed by atoms with Crippen molar-refractivity contribution in [2.24, 2.45) is 0 Å². The summed E-state index contributed by atoms with van der Waals surface area (Å²) in [5.41, 5.74) is -0.967. The van der Waals surface area contributed by atoms with Gasteiger partial charge in [0, 0.05) is 12.1 Å². The van der Waals surface area contributed by atoms with Crippen LogP contribution in [0.1, 0.15) is 28.1 Å². The van der Waals surface area contributed by atoms with Gasteiger partial charge in [0.15, 0.2) is 0 Å². The molecule has 4 nitrogen and oxygen atoms in total. The van der Waals surface area contributed by atoms with Gasteiger partial charge in [0.05, 0.1) is 30.9 Å². The summed E-state index contributed by atoms with van der Waals surface area (Å²) in [7, 11) is 0. The van der Waals surface area contributed by atoms with E-state index in [-0.39, 0.29) is 25.1 Å². The van der Waals surface area contributed by atoms with Gasteiger partial charge in [-0.05, 0) is 30.3 Å². The number of amides is 1. The number of nitriles is 1. The van der Waals surface area contributed by atoms with E-state index in [4.69, 9.17) is 9.68 Å². The monoisotopic (exact) mass is 322 g/mol. The van der Waals surface area contributed by atoms with Crippen LogP contribution in [0.25, 0.3) is 0 Å². The topological polar surface area (TPSA) is 57.2 Å². The number of hydrogen-bond donors (Lipinski definition) is 0. The highest BCUT2D eigenvalue weighted by Crippen LogP contribution is 2.29. The second-order valence-electron chi connectivity index (χ2n) is 4.79. The van der Waals surface area contributed by atoms with Crippen LogP contribution >= 0.6 is 0 Å². The molecule has 0 saturated carbocycles. The lowest BCUT2D eigenvalue weighted by Gasteiger charge is -2.21. The first-order valence-electron chi connectivity index (χ1n) is 6.77. The van der Waals surface area contributed by atoms with Crippen LogP contribution in [-0.2, 0) is 12.7 Å². The molecule has 0 aliphatic carbocycles. The summed E-state index contributed by atoms with van der Waals surface area (Å²) in [6, 6.07) is 9.43. The summed E-state index contributed by atoms with van der Waals surface area (Å²) >= 11 is 0. The van der Waals surface area contributed by atoms with E-state index in [1.54, 1.807) is 12.1 Å². The van der Waals surface area contributed by atoms with E-state index in [0.717, 1.165) is 12.1 Å². The van der Waals surface area contributed by atoms with Crippen molar-refractivity contribution in [2.45, 2.75) is 19.1 Å². The predicted octanol–water partition coefficient (Wildman–Crippen LogP) is 3.85. The smallest absolute Gasteiger partial charge is 0.416 e. The van der Waals surface area contributed by atoms with E-state index in [1.165, 1.54) is 23.3 Å². The SMILES string of the molecule is N#CCCN(Cc1ccco1)C(=O)c1cccc(C(F)(F)F)c1. The average molecular weight is 322 g/mol. The maximum Gasteiger partial charge on any atom is 0.416 e. The fourth-order valence-electron chi connectivity index (χ4n) is 2.04. The number of benzene rings is 1. The van der Waals surface area contributed by atoms with Gasteiger partial charge in [-0.2, -0.15) is 18.4 Å². The molecule has 0 spiro atoms. The van der Waals surface area contributed by atoms with E-state index in [9.17, 15) is 18.0 Å². The maximum absolute atomic E-state index is 12.8. The zero-order chi connectivity index (χ0) is 16.9. The Balaban J connectivity index is 2.24. The van der Waals surface area contributed by atoms with Crippen LogP contribution in [-0.4, -0.2) is 17.4 Å². The molecule has 0 radical (unpaired) electrons. The zero-order valence-electron chi connectivity index (χ0n) is 12.0. The molecule has 0 bridgehead atoms. The van der Waals surface area contributed by atoms with E-state index >= 15 is 0 Å². The van der Waals surface area contributed by atoms with Gasteiger partial charge in [-0.1, -0.05) is 6.07 Å². The average Bonchev–Trinajstić information content (AvgIpc) is 3.03. The fourth-order valence-corrected chi connectivity index (χ4v) is 2.04. The van der Waals surface area contributed by atoms with Crippen molar-refractivity contribution >= 4 is 5.91 Å². The van der Waals surface area contributed by atoms with Crippen molar-refractivity contribution in [1.82, 2.24) is 4.90 Å². The van der Waals surface area contributed by atoms with Gasteiger partial charge < -0.3 is 9.32 Å². The number of rotatable bonds is 5. The van der Waals surface area contributed by atoms with E-state index < -0.39 is 17.6 Å². The lowest BCUT2D eigenvalue weighted by molar-refractivity contribution is -0.137. The first kappa shape index (κ1) is 16.6. The molecule has 1 aromatic heterocycles. The lowest BCUT2D eigenvalue weighted by Crippen LogP contribution is -2.31. The van der Waals surface area contributed by atoms with Crippen molar-refractivity contribution in [3.05, 3.63) is 59.5 Å². The Morgan fingerprint density at radius 3 is 2.65 bits per heavy atom. The standard InChI is InChI=1S/C16H13F3N2O2/c17-16(18,19)13-5-1-4-12(10-13)15(22)21(8-3-7-20)11-14-6-2-9-23-14/h1-2,4-6,9-10H,3,8,11H2. The lowest BCUT2D eigenvalue weighted by atomic mass is 10.1. The molecule has 1 heterocycles. The van der Waals surface area contributed by atoms with Gasteiger partial charge in [-0.3, -0.25) is 4.79 Å². The van der Waals surface area contributed by atoms with Gasteiger partial charge >= 0.3 is 6.18 Å². The largest absolute Gasteiger partial charge is 0.467 e. The molecule has 1 aromatic carbocycles. The first-order chi connectivity index (χ1) is 10.9. The van der Waals surface area contributed by atoms with E-state index in [1.807, 2.05) is 6.07 Å². The first-order valence-corrected chi connectivity index (χ1v) is 6.77. The van der Waals surface area contributed by atoms with Crippen LogP contribution in [0.5, 0.6) is 0 Å². The van der Waals surface area contributed by atoms with Crippen LogP contribution < -0.4 is 0 Å². The van der Waals surface area contributed by atoms with Crippen LogP contribution in [0.2, 0.25) is 0 Å². The summed E-state index contributed by atoms with van der Waals surface area (Å²) in [4.78, 5) is 13.8. The summed E-state index contributed by atoms with van der Waals surface area (Å²) in [6.07, 6.45) is -3.01. The summed E-state index contributed by atoms with van der Waals surface area (Å²) < 4.78 is 43.4. The van der Waals surface area contributed by atoms with Crippen molar-refractivity contribution in [2.75, 3.05) is 6.54 Å². The molecule has 0 fully saturated rings. The minimum absolute atomic E-state index is 0.0748. The van der Waals surface area contributed by atoms with Crippen LogP contribution in [0.4, 0.5) is 13.2 Å². The molecule has 0 saturated heterocycles. The molecular formula is C16H13F3N2O2. The summed E-state index contributed by atoms with van der Waals surface area (Å²) in [5, 5.41) is 8.68. The Labute approximate surface area is 130 Å². The predicted molar refractivity (Wildman–Crippen MR) is 75.1 cm³/mol. The third-order valence-electron chi connectivity index (χ3n) is 3.14. The van der Waals surface area contributed by atoms with Crippen molar-refractivity contribution in [1.29, 1.82) is 5.26 Å². The molecule has 1 amide bonds.